The van der Waals surface area contributed by atoms with Crippen LogP contribution in [-0.4, -0.2) is 34.3 Å². The van der Waals surface area contributed by atoms with Crippen LogP contribution in [0.3, 0.4) is 0 Å². The summed E-state index contributed by atoms with van der Waals surface area (Å²) in [4.78, 5) is 0. The molecular weight excluding hydrogens is 745 g/mol. The van der Waals surface area contributed by atoms with E-state index in [2.05, 4.69) is 149 Å². The van der Waals surface area contributed by atoms with Crippen molar-refractivity contribution in [2.75, 3.05) is 13.1 Å². The highest BCUT2D eigenvalue weighted by Crippen LogP contribution is 2.68. The first-order valence-electron chi connectivity index (χ1n) is 25.2. The van der Waals surface area contributed by atoms with Crippen molar-refractivity contribution in [2.24, 2.45) is 52.3 Å². The monoisotopic (exact) mass is 823 g/mol. The SMILES string of the molecule is CC(C)CCC[C@@H](C)[C@H]1CC[C@H]2[C@@H]3[C@H]4C[C@H]5C[C@@H](CC[C@]5(C)[C@H]3CC[C@]12C)NCCCn1cc[n+](c1)Cc1c2ccccc2c(c2ccccc12)C[n+]1ccn(c1)CCCN4. The maximum Gasteiger partial charge on any atom is 0.244 e. The minimum absolute atomic E-state index is 0.485. The normalized spacial score (nSPS) is 32.7. The van der Waals surface area contributed by atoms with Gasteiger partial charge in [0.2, 0.25) is 12.7 Å². The lowest BCUT2D eigenvalue weighted by molar-refractivity contribution is -0.687. The Kier molecular flexibility index (Phi) is 11.7. The molecule has 3 aromatic carbocycles. The van der Waals surface area contributed by atoms with Crippen molar-refractivity contribution in [3.05, 3.63) is 97.1 Å². The van der Waals surface area contributed by atoms with E-state index in [1.54, 1.807) is 0 Å². The maximum absolute atomic E-state index is 4.40. The zero-order chi connectivity index (χ0) is 41.7. The quantitative estimate of drug-likeness (QED) is 0.137. The molecule has 5 aromatic rings. The Balaban J connectivity index is 0.928. The molecule has 6 nitrogen and oxygen atoms in total. The molecule has 61 heavy (non-hydrogen) atoms. The first-order valence-corrected chi connectivity index (χ1v) is 25.2. The average Bonchev–Trinajstić information content (AvgIpc) is 4.00. The highest BCUT2D eigenvalue weighted by Gasteiger charge is 2.63. The van der Waals surface area contributed by atoms with E-state index in [1.807, 2.05) is 0 Å². The second-order valence-electron chi connectivity index (χ2n) is 22.1. The van der Waals surface area contributed by atoms with Crippen molar-refractivity contribution < 1.29 is 9.13 Å². The van der Waals surface area contributed by atoms with E-state index < -0.39 is 0 Å². The summed E-state index contributed by atoms with van der Waals surface area (Å²) in [6.07, 6.45) is 31.8. The lowest BCUT2D eigenvalue weighted by Crippen LogP contribution is -2.62. The van der Waals surface area contributed by atoms with Crippen LogP contribution in [0.15, 0.2) is 86.0 Å². The molecule has 10 atom stereocenters. The molecule has 4 heterocycles. The second-order valence-corrected chi connectivity index (χ2v) is 22.1. The van der Waals surface area contributed by atoms with Gasteiger partial charge in [-0.3, -0.25) is 0 Å². The zero-order valence-electron chi connectivity index (χ0n) is 38.5. The first kappa shape index (κ1) is 41.5. The maximum atomic E-state index is 4.40. The van der Waals surface area contributed by atoms with Crippen LogP contribution in [0.2, 0.25) is 0 Å². The standard InChI is InChI=1S/C55H78N6/c1-39(2)13-10-14-40(3)49-19-20-50-53-51(22-24-55(49,50)5)54(4)23-21-42-33-41(54)34-52(53)57-26-12-28-59-30-32-61(38-59)36-48-45-17-8-6-15-43(45)47(44-16-7-9-18-46(44)48)35-60-31-29-58(37-60)27-11-25-56-42/h6-9,15-18,29-32,37-42,49-53,56-57H,10-14,19-28,33-36H2,1-5H3/q+2/t40-,41-,42-,49-,50+,51+,52-,53+,54+,55-/m1/s1. The molecule has 6 heteroatoms. The van der Waals surface area contributed by atoms with E-state index in [1.165, 1.54) is 116 Å². The van der Waals surface area contributed by atoms with Crippen LogP contribution in [0.5, 0.6) is 0 Å². The van der Waals surface area contributed by atoms with Crippen molar-refractivity contribution in [3.63, 3.8) is 0 Å². The molecule has 0 amide bonds. The van der Waals surface area contributed by atoms with Gasteiger partial charge in [0.15, 0.2) is 0 Å². The van der Waals surface area contributed by atoms with Gasteiger partial charge in [0.05, 0.1) is 13.1 Å². The van der Waals surface area contributed by atoms with Crippen LogP contribution in [0.25, 0.3) is 21.5 Å². The minimum Gasteiger partial charge on any atom is -0.314 e. The summed E-state index contributed by atoms with van der Waals surface area (Å²) in [6, 6.07) is 19.6. The molecule has 0 radical (unpaired) electrons. The molecule has 2 N–H and O–H groups in total. The van der Waals surface area contributed by atoms with Gasteiger partial charge in [0.25, 0.3) is 0 Å². The number of aromatic nitrogens is 4. The zero-order valence-corrected chi connectivity index (χ0v) is 38.5. The number of hydrogen-bond acceptors (Lipinski definition) is 2. The predicted molar refractivity (Wildman–Crippen MR) is 250 cm³/mol. The number of nitrogens with one attached hydrogen (secondary N) is 2. The van der Waals surface area contributed by atoms with E-state index >= 15 is 0 Å². The number of fused-ring (bicyclic) bond motifs is 10. The van der Waals surface area contributed by atoms with Gasteiger partial charge >= 0.3 is 0 Å². The topological polar surface area (TPSA) is 41.7 Å². The van der Waals surface area contributed by atoms with Gasteiger partial charge in [-0.05, 0) is 151 Å². The molecule has 2 aromatic heterocycles. The van der Waals surface area contributed by atoms with Gasteiger partial charge in [-0.1, -0.05) is 102 Å². The number of rotatable bonds is 5. The number of imidazole rings is 2. The van der Waals surface area contributed by atoms with Crippen molar-refractivity contribution in [2.45, 2.75) is 156 Å². The molecule has 4 fully saturated rings. The van der Waals surface area contributed by atoms with Crippen molar-refractivity contribution in [1.29, 1.82) is 0 Å². The Bertz CT molecular complexity index is 2230. The van der Waals surface area contributed by atoms with Gasteiger partial charge in [-0.25, -0.2) is 18.3 Å². The number of hydrogen-bond donors (Lipinski definition) is 2. The van der Waals surface area contributed by atoms with Crippen LogP contribution in [-0.2, 0) is 26.2 Å². The Labute approximate surface area is 367 Å². The van der Waals surface area contributed by atoms with Gasteiger partial charge in [-0.15, -0.1) is 0 Å². The van der Waals surface area contributed by atoms with Gasteiger partial charge in [0, 0.05) is 23.2 Å². The average molecular weight is 823 g/mol. The minimum atomic E-state index is 0.485. The summed E-state index contributed by atoms with van der Waals surface area (Å²) in [5.74, 6) is 5.97. The van der Waals surface area contributed by atoms with Crippen LogP contribution in [0, 0.1) is 52.3 Å². The summed E-state index contributed by atoms with van der Waals surface area (Å²) >= 11 is 0. The molecule has 6 aliphatic rings. The highest BCUT2D eigenvalue weighted by atomic mass is 15.1. The van der Waals surface area contributed by atoms with E-state index in [4.69, 9.17) is 0 Å². The Morgan fingerprint density at radius 2 is 1.25 bits per heavy atom. The molecule has 4 saturated carbocycles. The van der Waals surface area contributed by atoms with E-state index in [9.17, 15) is 0 Å². The molecule has 326 valence electrons. The number of aryl methyl sites for hydroxylation is 2. The summed E-state index contributed by atoms with van der Waals surface area (Å²) in [6.45, 7) is 19.1. The molecule has 0 spiro atoms. The predicted octanol–water partition coefficient (Wildman–Crippen LogP) is 10.7. The molecule has 4 aliphatic carbocycles. The Morgan fingerprint density at radius 3 is 1.85 bits per heavy atom. The smallest absolute Gasteiger partial charge is 0.244 e. The fourth-order valence-electron chi connectivity index (χ4n) is 15.2. The Morgan fingerprint density at radius 1 is 0.672 bits per heavy atom. The van der Waals surface area contributed by atoms with E-state index in [0.29, 0.717) is 22.9 Å². The summed E-state index contributed by atoms with van der Waals surface area (Å²) in [5, 5.41) is 14.0. The lowest BCUT2D eigenvalue weighted by Gasteiger charge is -2.63. The van der Waals surface area contributed by atoms with Crippen molar-refractivity contribution >= 4 is 21.5 Å². The van der Waals surface area contributed by atoms with Crippen LogP contribution in [0.4, 0.5) is 0 Å². The molecule has 11 rings (SSSR count). The molecule has 2 aliphatic heterocycles. The van der Waals surface area contributed by atoms with Crippen LogP contribution < -0.4 is 19.8 Å². The van der Waals surface area contributed by atoms with Crippen LogP contribution >= 0.6 is 0 Å². The van der Waals surface area contributed by atoms with Crippen molar-refractivity contribution in [1.82, 2.24) is 19.8 Å². The third kappa shape index (κ3) is 7.93. The Hall–Kier alpha value is -3.48. The molecule has 9 bridgehead atoms. The summed E-state index contributed by atoms with van der Waals surface area (Å²) in [5.41, 5.74) is 3.83. The van der Waals surface area contributed by atoms with Crippen LogP contribution in [0.1, 0.15) is 129 Å². The highest BCUT2D eigenvalue weighted by molar-refractivity contribution is 6.05. The van der Waals surface area contributed by atoms with Gasteiger partial charge in [-0.2, -0.15) is 0 Å². The summed E-state index contributed by atoms with van der Waals surface area (Å²) in [7, 11) is 0. The third-order valence-electron chi connectivity index (χ3n) is 18.3. The van der Waals surface area contributed by atoms with Gasteiger partial charge in [0.1, 0.15) is 37.9 Å². The fraction of sp³-hybridized carbons (Fsp3) is 0.636. The molecule has 0 saturated heterocycles. The van der Waals surface area contributed by atoms with Crippen molar-refractivity contribution in [3.8, 4) is 0 Å². The number of nitrogens with zero attached hydrogens (tertiary/aromatic N) is 4. The van der Waals surface area contributed by atoms with E-state index in [-0.39, 0.29) is 0 Å². The molecular formula is C55H78N6+2. The third-order valence-corrected chi connectivity index (χ3v) is 18.3. The number of benzene rings is 3. The van der Waals surface area contributed by atoms with Gasteiger partial charge < -0.3 is 10.6 Å². The second kappa shape index (κ2) is 17.2. The first-order chi connectivity index (χ1) is 29.7. The molecule has 0 unspecified atom stereocenters. The summed E-state index contributed by atoms with van der Waals surface area (Å²) < 4.78 is 9.67. The largest absolute Gasteiger partial charge is 0.314 e. The van der Waals surface area contributed by atoms with E-state index in [0.717, 1.165) is 80.7 Å². The fourth-order valence-corrected chi connectivity index (χ4v) is 15.2. The lowest BCUT2D eigenvalue weighted by atomic mass is 9.43.